The van der Waals surface area contributed by atoms with Crippen molar-refractivity contribution in [2.75, 3.05) is 7.11 Å². The summed E-state index contributed by atoms with van der Waals surface area (Å²) in [5.41, 5.74) is 0.221. The summed E-state index contributed by atoms with van der Waals surface area (Å²) in [6.45, 7) is 0. The number of methoxy groups -OCH3 is 1. The summed E-state index contributed by atoms with van der Waals surface area (Å²) in [5.74, 6) is 0.672. The van der Waals surface area contributed by atoms with Crippen LogP contribution in [-0.4, -0.2) is 28.0 Å². The molecule has 0 aliphatic carbocycles. The number of phenolic OH excluding ortho intramolecular Hbond substituents is 1. The number of phenols is 1. The summed E-state index contributed by atoms with van der Waals surface area (Å²) in [6, 6.07) is 4.53. The average molecular weight is 244 g/mol. The van der Waals surface area contributed by atoms with E-state index in [0.717, 1.165) is 0 Å². The summed E-state index contributed by atoms with van der Waals surface area (Å²) in [6.07, 6.45) is 6.15. The minimum absolute atomic E-state index is 0.108. The van der Waals surface area contributed by atoms with Crippen molar-refractivity contribution in [3.8, 4) is 11.5 Å². The second-order valence-electron chi connectivity index (χ2n) is 3.56. The van der Waals surface area contributed by atoms with Crippen LogP contribution in [0.3, 0.4) is 0 Å². The number of aromatic hydroxyl groups is 1. The van der Waals surface area contributed by atoms with Gasteiger partial charge in [-0.2, -0.15) is 0 Å². The first-order valence-corrected chi connectivity index (χ1v) is 5.29. The highest BCUT2D eigenvalue weighted by Gasteiger charge is 2.09. The molecule has 2 aromatic rings. The lowest BCUT2D eigenvalue weighted by Crippen LogP contribution is -1.95. The van der Waals surface area contributed by atoms with Gasteiger partial charge in [-0.3, -0.25) is 4.79 Å². The molecule has 0 amide bonds. The Morgan fingerprint density at radius 3 is 2.94 bits per heavy atom. The van der Waals surface area contributed by atoms with Crippen molar-refractivity contribution in [1.29, 1.82) is 0 Å². The van der Waals surface area contributed by atoms with Crippen LogP contribution in [0.1, 0.15) is 16.2 Å². The molecule has 5 heteroatoms. The number of benzene rings is 1. The Kier molecular flexibility index (Phi) is 3.43. The largest absolute Gasteiger partial charge is 0.507 e. The molecule has 1 aromatic heterocycles. The maximum atomic E-state index is 11.8. The molecule has 0 bridgehead atoms. The van der Waals surface area contributed by atoms with E-state index in [2.05, 4.69) is 9.97 Å². The Bertz CT molecular complexity index is 574. The number of ether oxygens (including phenoxy) is 1. The van der Waals surface area contributed by atoms with E-state index in [4.69, 9.17) is 4.74 Å². The van der Waals surface area contributed by atoms with E-state index < -0.39 is 0 Å². The molecule has 0 aliphatic rings. The quantitative estimate of drug-likeness (QED) is 0.637. The summed E-state index contributed by atoms with van der Waals surface area (Å²) in [4.78, 5) is 18.6. The standard InChI is InChI=1S/C13H12N2O3/c1-18-9-2-3-10(12(17)8-9)11(16)4-5-13-14-6-7-15-13/h2-8,17H,1H3,(H,14,15). The number of allylic oxidation sites excluding steroid dienone is 1. The summed E-state index contributed by atoms with van der Waals surface area (Å²) >= 11 is 0. The highest BCUT2D eigenvalue weighted by atomic mass is 16.5. The van der Waals surface area contributed by atoms with Gasteiger partial charge in [0, 0.05) is 18.5 Å². The van der Waals surface area contributed by atoms with E-state index in [1.807, 2.05) is 0 Å². The van der Waals surface area contributed by atoms with Crippen molar-refractivity contribution in [3.63, 3.8) is 0 Å². The zero-order valence-corrected chi connectivity index (χ0v) is 9.75. The Labute approximate surface area is 104 Å². The number of H-pyrrole nitrogens is 1. The minimum Gasteiger partial charge on any atom is -0.507 e. The molecule has 0 unspecified atom stereocenters. The monoisotopic (exact) mass is 244 g/mol. The SMILES string of the molecule is COc1ccc(C(=O)C=Cc2ncc[nH]2)c(O)c1. The number of aromatic amines is 1. The molecule has 0 saturated heterocycles. The maximum Gasteiger partial charge on any atom is 0.189 e. The second-order valence-corrected chi connectivity index (χ2v) is 3.56. The second kappa shape index (κ2) is 5.18. The van der Waals surface area contributed by atoms with Gasteiger partial charge in [0.1, 0.15) is 17.3 Å². The first kappa shape index (κ1) is 11.9. The van der Waals surface area contributed by atoms with Crippen LogP contribution < -0.4 is 4.74 Å². The summed E-state index contributed by atoms with van der Waals surface area (Å²) in [5, 5.41) is 9.69. The first-order valence-electron chi connectivity index (χ1n) is 5.29. The molecule has 0 atom stereocenters. The van der Waals surface area contributed by atoms with Gasteiger partial charge in [-0.15, -0.1) is 0 Å². The predicted octanol–water partition coefficient (Wildman–Crippen LogP) is 2.02. The van der Waals surface area contributed by atoms with Gasteiger partial charge >= 0.3 is 0 Å². The van der Waals surface area contributed by atoms with Crippen LogP contribution in [0.25, 0.3) is 6.08 Å². The van der Waals surface area contributed by atoms with Crippen LogP contribution in [-0.2, 0) is 0 Å². The molecular weight excluding hydrogens is 232 g/mol. The van der Waals surface area contributed by atoms with Gasteiger partial charge < -0.3 is 14.8 Å². The molecule has 1 aromatic carbocycles. The number of carbonyl (C=O) groups excluding carboxylic acids is 1. The number of rotatable bonds is 4. The van der Waals surface area contributed by atoms with Gasteiger partial charge in [0.05, 0.1) is 12.7 Å². The van der Waals surface area contributed by atoms with Crippen LogP contribution in [0.15, 0.2) is 36.7 Å². The Morgan fingerprint density at radius 2 is 2.33 bits per heavy atom. The van der Waals surface area contributed by atoms with E-state index in [1.165, 1.54) is 25.3 Å². The van der Waals surface area contributed by atoms with E-state index in [0.29, 0.717) is 11.6 Å². The highest BCUT2D eigenvalue weighted by molar-refractivity contribution is 6.08. The van der Waals surface area contributed by atoms with Crippen LogP contribution in [0, 0.1) is 0 Å². The lowest BCUT2D eigenvalue weighted by molar-refractivity contribution is 0.104. The third-order valence-electron chi connectivity index (χ3n) is 2.38. The van der Waals surface area contributed by atoms with Crippen LogP contribution in [0.5, 0.6) is 11.5 Å². The van der Waals surface area contributed by atoms with E-state index in [-0.39, 0.29) is 17.1 Å². The van der Waals surface area contributed by atoms with Gasteiger partial charge in [0.2, 0.25) is 0 Å². The molecular formula is C13H12N2O3. The number of ketones is 1. The zero-order valence-electron chi connectivity index (χ0n) is 9.75. The van der Waals surface area contributed by atoms with Gasteiger partial charge in [0.25, 0.3) is 0 Å². The molecule has 0 radical (unpaired) electrons. The number of imidazole rings is 1. The molecule has 0 fully saturated rings. The van der Waals surface area contributed by atoms with Crippen LogP contribution in [0.2, 0.25) is 0 Å². The first-order chi connectivity index (χ1) is 8.70. The van der Waals surface area contributed by atoms with Crippen molar-refractivity contribution < 1.29 is 14.6 Å². The zero-order chi connectivity index (χ0) is 13.0. The Balaban J connectivity index is 2.19. The third-order valence-corrected chi connectivity index (χ3v) is 2.38. The van der Waals surface area contributed by atoms with Crippen LogP contribution in [0.4, 0.5) is 0 Å². The van der Waals surface area contributed by atoms with Gasteiger partial charge in [-0.05, 0) is 24.3 Å². The number of nitrogens with zero attached hydrogens (tertiary/aromatic N) is 1. The number of carbonyl (C=O) groups is 1. The third kappa shape index (κ3) is 2.57. The predicted molar refractivity (Wildman–Crippen MR) is 66.6 cm³/mol. The molecule has 0 spiro atoms. The Morgan fingerprint density at radius 1 is 1.50 bits per heavy atom. The molecule has 92 valence electrons. The van der Waals surface area contributed by atoms with Crippen molar-refractivity contribution in [2.45, 2.75) is 0 Å². The van der Waals surface area contributed by atoms with E-state index >= 15 is 0 Å². The van der Waals surface area contributed by atoms with Gasteiger partial charge in [0.15, 0.2) is 5.78 Å². The fraction of sp³-hybridized carbons (Fsp3) is 0.0769. The normalized spacial score (nSPS) is 10.7. The van der Waals surface area contributed by atoms with Crippen molar-refractivity contribution in [1.82, 2.24) is 9.97 Å². The van der Waals surface area contributed by atoms with Crippen molar-refractivity contribution >= 4 is 11.9 Å². The summed E-state index contributed by atoms with van der Waals surface area (Å²) in [7, 11) is 1.49. The van der Waals surface area contributed by atoms with E-state index in [1.54, 1.807) is 24.5 Å². The lowest BCUT2D eigenvalue weighted by atomic mass is 10.1. The van der Waals surface area contributed by atoms with E-state index in [9.17, 15) is 9.90 Å². The number of nitrogens with one attached hydrogen (secondary N) is 1. The fourth-order valence-electron chi connectivity index (χ4n) is 1.46. The number of hydrogen-bond acceptors (Lipinski definition) is 4. The minimum atomic E-state index is -0.299. The fourth-order valence-corrected chi connectivity index (χ4v) is 1.46. The molecule has 5 nitrogen and oxygen atoms in total. The molecule has 2 N–H and O–H groups in total. The van der Waals surface area contributed by atoms with Gasteiger partial charge in [-0.1, -0.05) is 0 Å². The van der Waals surface area contributed by atoms with Crippen molar-refractivity contribution in [2.24, 2.45) is 0 Å². The topological polar surface area (TPSA) is 75.2 Å². The highest BCUT2D eigenvalue weighted by Crippen LogP contribution is 2.24. The smallest absolute Gasteiger partial charge is 0.189 e. The van der Waals surface area contributed by atoms with Gasteiger partial charge in [-0.25, -0.2) is 4.98 Å². The molecule has 18 heavy (non-hydrogen) atoms. The van der Waals surface area contributed by atoms with Crippen LogP contribution >= 0.6 is 0 Å². The number of hydrogen-bond donors (Lipinski definition) is 2. The molecule has 1 heterocycles. The lowest BCUT2D eigenvalue weighted by Gasteiger charge is -2.03. The molecule has 0 saturated carbocycles. The molecule has 0 aliphatic heterocycles. The van der Waals surface area contributed by atoms with Crippen molar-refractivity contribution in [3.05, 3.63) is 48.1 Å². The molecule has 2 rings (SSSR count). The average Bonchev–Trinajstić information content (AvgIpc) is 2.88. The maximum absolute atomic E-state index is 11.8. The summed E-state index contributed by atoms with van der Waals surface area (Å²) < 4.78 is 4.94. The Hall–Kier alpha value is -2.56. The number of aromatic nitrogens is 2.